The lowest BCUT2D eigenvalue weighted by Crippen LogP contribution is -2.60. The summed E-state index contributed by atoms with van der Waals surface area (Å²) >= 11 is 0. The molecule has 0 spiro atoms. The van der Waals surface area contributed by atoms with Crippen LogP contribution >= 0.6 is 0 Å². The zero-order chi connectivity index (χ0) is 39.5. The lowest BCUT2D eigenvalue weighted by molar-refractivity contribution is -0.144. The maximum absolute atomic E-state index is 13.3. The van der Waals surface area contributed by atoms with Crippen LogP contribution in [0.3, 0.4) is 0 Å². The van der Waals surface area contributed by atoms with Crippen molar-refractivity contribution in [2.75, 3.05) is 32.8 Å². The molecule has 18 N–H and O–H groups in total. The van der Waals surface area contributed by atoms with Crippen LogP contribution in [0, 0.1) is 0 Å². The Morgan fingerprint density at radius 3 is 1.96 bits per heavy atom. The van der Waals surface area contributed by atoms with Crippen molar-refractivity contribution in [3.8, 4) is 0 Å². The second-order valence-corrected chi connectivity index (χ2v) is 12.1. The maximum atomic E-state index is 13.3. The van der Waals surface area contributed by atoms with Crippen molar-refractivity contribution in [1.29, 1.82) is 0 Å². The molecule has 0 aromatic carbocycles. The normalized spacial score (nSPS) is 17.2. The number of aliphatic imine (C=N–C) groups is 2. The Morgan fingerprint density at radius 1 is 0.827 bits per heavy atom. The summed E-state index contributed by atoms with van der Waals surface area (Å²) < 4.78 is 0. The highest BCUT2D eigenvalue weighted by molar-refractivity contribution is 5.96. The molecule has 7 atom stereocenters. The van der Waals surface area contributed by atoms with Crippen molar-refractivity contribution >= 4 is 53.3 Å². The van der Waals surface area contributed by atoms with E-state index in [0.29, 0.717) is 12.8 Å². The van der Waals surface area contributed by atoms with E-state index in [1.165, 1.54) is 18.7 Å². The van der Waals surface area contributed by atoms with Gasteiger partial charge in [-0.15, -0.1) is 0 Å². The van der Waals surface area contributed by atoms with Crippen molar-refractivity contribution in [2.45, 2.75) is 94.7 Å². The summed E-state index contributed by atoms with van der Waals surface area (Å²) in [5.74, 6) is -6.53. The first-order chi connectivity index (χ1) is 24.4. The van der Waals surface area contributed by atoms with Crippen LogP contribution in [0.2, 0.25) is 0 Å². The van der Waals surface area contributed by atoms with Gasteiger partial charge in [0.05, 0.1) is 25.3 Å². The molecule has 23 heteroatoms. The van der Waals surface area contributed by atoms with Gasteiger partial charge < -0.3 is 75.5 Å². The number of carbonyl (C=O) groups is 7. The van der Waals surface area contributed by atoms with E-state index < -0.39 is 96.9 Å². The van der Waals surface area contributed by atoms with Gasteiger partial charge in [0.1, 0.15) is 30.2 Å². The number of likely N-dealkylation sites (tertiary alicyclic amines) is 1. The number of nitrogens with zero attached hydrogens (tertiary/aromatic N) is 3. The van der Waals surface area contributed by atoms with Gasteiger partial charge in [0.25, 0.3) is 0 Å². The first kappa shape index (κ1) is 44.7. The third kappa shape index (κ3) is 15.7. The molecule has 6 amide bonds. The number of hydrogen-bond donors (Lipinski definition) is 13. The quantitative estimate of drug-likeness (QED) is 0.0278. The van der Waals surface area contributed by atoms with Gasteiger partial charge in [-0.2, -0.15) is 0 Å². The molecular formula is C29H53N13O10. The monoisotopic (exact) mass is 743 g/mol. The third-order valence-corrected chi connectivity index (χ3v) is 7.75. The van der Waals surface area contributed by atoms with Crippen LogP contribution in [0.5, 0.6) is 0 Å². The van der Waals surface area contributed by atoms with Gasteiger partial charge in [0, 0.05) is 19.6 Å². The molecule has 0 unspecified atom stereocenters. The van der Waals surface area contributed by atoms with Crippen LogP contribution in [0.15, 0.2) is 9.98 Å². The fraction of sp³-hybridized carbons (Fsp3) is 0.690. The van der Waals surface area contributed by atoms with Gasteiger partial charge in [-0.3, -0.25) is 38.8 Å². The van der Waals surface area contributed by atoms with E-state index in [2.05, 4.69) is 36.6 Å². The molecule has 1 aliphatic rings. The molecule has 1 saturated heterocycles. The number of hydrogen-bond acceptors (Lipinski definition) is 12. The zero-order valence-electron chi connectivity index (χ0n) is 29.2. The molecular weight excluding hydrogens is 690 g/mol. The van der Waals surface area contributed by atoms with Crippen LogP contribution in [-0.2, 0) is 33.6 Å². The van der Waals surface area contributed by atoms with Gasteiger partial charge in [-0.05, 0) is 52.4 Å². The SMILES string of the molecule is C[C@H](NC(=O)[C@@H](NC(=O)CNC(=O)[C@@H](N)CCCN=C(N)N)[C@@H](C)O)C(=O)N1CCC[C@H]1C(=O)N[C@@H](CO)C(=O)N[C@@H](CCCN=C(N)N)C(=O)O. The molecule has 0 aromatic rings. The predicted molar refractivity (Wildman–Crippen MR) is 185 cm³/mol. The Hall–Kier alpha value is -5.29. The number of nitrogens with one attached hydrogen (secondary N) is 5. The molecule has 0 bridgehead atoms. The van der Waals surface area contributed by atoms with Crippen molar-refractivity contribution in [1.82, 2.24) is 31.5 Å². The second-order valence-electron chi connectivity index (χ2n) is 12.1. The summed E-state index contributed by atoms with van der Waals surface area (Å²) in [6, 6.07) is -7.76. The van der Waals surface area contributed by atoms with Crippen LogP contribution in [-0.4, -0.2) is 149 Å². The Bertz CT molecular complexity index is 1320. The van der Waals surface area contributed by atoms with E-state index in [1.807, 2.05) is 0 Å². The molecule has 0 aromatic heterocycles. The fourth-order valence-electron chi connectivity index (χ4n) is 4.99. The lowest BCUT2D eigenvalue weighted by Gasteiger charge is -2.29. The highest BCUT2D eigenvalue weighted by Crippen LogP contribution is 2.19. The summed E-state index contributed by atoms with van der Waals surface area (Å²) in [6.07, 6.45) is -0.0710. The average molecular weight is 744 g/mol. The molecule has 0 radical (unpaired) electrons. The standard InChI is InChI=1S/C29H53N13O10/c1-14(38-25(49)21(15(2)44)41-20(45)12-37-22(46)16(30)6-3-9-35-28(31)32)26(50)42-11-5-8-19(42)24(48)40-18(13-43)23(47)39-17(27(51)52)7-4-10-36-29(33)34/h14-19,21,43-44H,3-13,30H2,1-2H3,(H,37,46)(H,38,49)(H,39,47)(H,40,48)(H,41,45)(H,51,52)(H4,31,32,35)(H4,33,34,36)/t14-,15+,16-,17-,18-,19-,21-/m0/s1. The minimum atomic E-state index is -1.55. The smallest absolute Gasteiger partial charge is 0.326 e. The van der Waals surface area contributed by atoms with E-state index in [-0.39, 0.29) is 57.2 Å². The Morgan fingerprint density at radius 2 is 1.42 bits per heavy atom. The number of carboxylic acids is 1. The Labute approximate surface area is 299 Å². The molecule has 1 heterocycles. The fourth-order valence-corrected chi connectivity index (χ4v) is 4.99. The topological polar surface area (TPSA) is 398 Å². The third-order valence-electron chi connectivity index (χ3n) is 7.75. The maximum Gasteiger partial charge on any atom is 0.326 e. The zero-order valence-corrected chi connectivity index (χ0v) is 29.2. The van der Waals surface area contributed by atoms with Crippen molar-refractivity contribution < 1.29 is 48.9 Å². The van der Waals surface area contributed by atoms with Gasteiger partial charge in [0.15, 0.2) is 11.9 Å². The molecule has 0 aliphatic carbocycles. The predicted octanol–water partition coefficient (Wildman–Crippen LogP) is -7.06. The first-order valence-corrected chi connectivity index (χ1v) is 16.6. The number of carboxylic acid groups (broad SMARTS) is 1. The van der Waals surface area contributed by atoms with Crippen LogP contribution < -0.4 is 55.3 Å². The molecule has 52 heavy (non-hydrogen) atoms. The van der Waals surface area contributed by atoms with Crippen LogP contribution in [0.25, 0.3) is 0 Å². The largest absolute Gasteiger partial charge is 0.480 e. The number of aliphatic hydroxyl groups is 2. The molecule has 0 saturated carbocycles. The van der Waals surface area contributed by atoms with E-state index in [9.17, 15) is 48.9 Å². The molecule has 294 valence electrons. The van der Waals surface area contributed by atoms with E-state index in [1.54, 1.807) is 0 Å². The van der Waals surface area contributed by atoms with E-state index in [4.69, 9.17) is 28.7 Å². The first-order valence-electron chi connectivity index (χ1n) is 16.6. The second kappa shape index (κ2) is 22.5. The molecule has 1 rings (SSSR count). The summed E-state index contributed by atoms with van der Waals surface area (Å²) in [6.45, 7) is 1.58. The van der Waals surface area contributed by atoms with Crippen molar-refractivity contribution in [3.63, 3.8) is 0 Å². The number of rotatable bonds is 22. The highest BCUT2D eigenvalue weighted by Gasteiger charge is 2.39. The van der Waals surface area contributed by atoms with E-state index >= 15 is 0 Å². The molecule has 1 fully saturated rings. The van der Waals surface area contributed by atoms with Gasteiger partial charge in [-0.1, -0.05) is 0 Å². The Kier molecular flexibility index (Phi) is 19.4. The Balaban J connectivity index is 2.77. The number of amides is 6. The minimum Gasteiger partial charge on any atom is -0.480 e. The van der Waals surface area contributed by atoms with Gasteiger partial charge in [-0.25, -0.2) is 4.79 Å². The van der Waals surface area contributed by atoms with Crippen molar-refractivity contribution in [3.05, 3.63) is 0 Å². The number of guanidine groups is 2. The van der Waals surface area contributed by atoms with E-state index in [0.717, 1.165) is 0 Å². The summed E-state index contributed by atoms with van der Waals surface area (Å²) in [7, 11) is 0. The van der Waals surface area contributed by atoms with Crippen LogP contribution in [0.1, 0.15) is 52.4 Å². The number of carbonyl (C=O) groups excluding carboxylic acids is 6. The lowest BCUT2D eigenvalue weighted by atomic mass is 10.1. The van der Waals surface area contributed by atoms with Gasteiger partial charge >= 0.3 is 5.97 Å². The summed E-state index contributed by atoms with van der Waals surface area (Å²) in [5.41, 5.74) is 26.8. The molecule has 1 aliphatic heterocycles. The minimum absolute atomic E-state index is 0.0486. The summed E-state index contributed by atoms with van der Waals surface area (Å²) in [4.78, 5) is 97.3. The number of aliphatic hydroxyl groups excluding tert-OH is 2. The van der Waals surface area contributed by atoms with Gasteiger partial charge in [0.2, 0.25) is 35.4 Å². The van der Waals surface area contributed by atoms with Crippen LogP contribution in [0.4, 0.5) is 0 Å². The molecule has 23 nitrogen and oxygen atoms in total. The average Bonchev–Trinajstić information content (AvgIpc) is 3.57. The summed E-state index contributed by atoms with van der Waals surface area (Å²) in [5, 5.41) is 41.1. The van der Waals surface area contributed by atoms with Crippen molar-refractivity contribution in [2.24, 2.45) is 38.7 Å². The number of nitrogens with two attached hydrogens (primary N) is 5. The number of aliphatic carboxylic acids is 1. The highest BCUT2D eigenvalue weighted by atomic mass is 16.4.